The first-order valence-electron chi connectivity index (χ1n) is 13.4. The minimum Gasteiger partial charge on any atom is -0.352 e. The number of nitrogens with zero attached hydrogens (tertiary/aromatic N) is 2. The molecular formula is C30H33Cl2N3O4S. The van der Waals surface area contributed by atoms with Crippen LogP contribution in [0.3, 0.4) is 0 Å². The summed E-state index contributed by atoms with van der Waals surface area (Å²) in [5, 5.41) is 4.09. The number of rotatable bonds is 11. The van der Waals surface area contributed by atoms with E-state index < -0.39 is 28.5 Å². The van der Waals surface area contributed by atoms with E-state index in [2.05, 4.69) is 5.32 Å². The van der Waals surface area contributed by atoms with Gasteiger partial charge in [-0.15, -0.1) is 0 Å². The van der Waals surface area contributed by atoms with Crippen LogP contribution >= 0.6 is 23.2 Å². The molecule has 3 aromatic rings. The van der Waals surface area contributed by atoms with Gasteiger partial charge in [0.1, 0.15) is 12.6 Å². The fourth-order valence-electron chi connectivity index (χ4n) is 4.93. The SMILES string of the molecule is CC[C@@H](C(=O)NC1CCCC1)N(Cc1ccc(Cl)cc1)C(=O)CN(c1ccc(Cl)cc1)S(=O)(=O)c1ccccc1. The molecule has 1 N–H and O–H groups in total. The van der Waals surface area contributed by atoms with Gasteiger partial charge in [-0.2, -0.15) is 0 Å². The Hall–Kier alpha value is -3.07. The van der Waals surface area contributed by atoms with Crippen molar-refractivity contribution in [1.29, 1.82) is 0 Å². The van der Waals surface area contributed by atoms with Crippen molar-refractivity contribution >= 4 is 50.7 Å². The Kier molecular flexibility index (Phi) is 10.1. The average molecular weight is 603 g/mol. The van der Waals surface area contributed by atoms with Crippen molar-refractivity contribution in [3.63, 3.8) is 0 Å². The Morgan fingerprint density at radius 2 is 1.48 bits per heavy atom. The van der Waals surface area contributed by atoms with E-state index >= 15 is 0 Å². The van der Waals surface area contributed by atoms with Crippen LogP contribution in [0, 0.1) is 0 Å². The second-order valence-corrected chi connectivity index (χ2v) is 12.6. The number of halogens is 2. The lowest BCUT2D eigenvalue weighted by Gasteiger charge is -2.33. The number of benzene rings is 3. The highest BCUT2D eigenvalue weighted by molar-refractivity contribution is 7.92. The predicted octanol–water partition coefficient (Wildman–Crippen LogP) is 6.05. The summed E-state index contributed by atoms with van der Waals surface area (Å²) in [6.45, 7) is 1.46. The number of hydrogen-bond donors (Lipinski definition) is 1. The van der Waals surface area contributed by atoms with Crippen molar-refractivity contribution < 1.29 is 18.0 Å². The van der Waals surface area contributed by atoms with Gasteiger partial charge in [-0.1, -0.05) is 73.3 Å². The molecule has 1 fully saturated rings. The first-order chi connectivity index (χ1) is 19.2. The van der Waals surface area contributed by atoms with Crippen molar-refractivity contribution in [1.82, 2.24) is 10.2 Å². The molecule has 10 heteroatoms. The zero-order valence-electron chi connectivity index (χ0n) is 22.3. The van der Waals surface area contributed by atoms with Gasteiger partial charge in [-0.25, -0.2) is 8.42 Å². The van der Waals surface area contributed by atoms with Crippen LogP contribution in [0.15, 0.2) is 83.8 Å². The minimum absolute atomic E-state index is 0.0491. The Morgan fingerprint density at radius 3 is 2.05 bits per heavy atom. The highest BCUT2D eigenvalue weighted by Crippen LogP contribution is 2.26. The Labute approximate surface area is 246 Å². The topological polar surface area (TPSA) is 86.8 Å². The summed E-state index contributed by atoms with van der Waals surface area (Å²) in [5.74, 6) is -0.737. The second-order valence-electron chi connectivity index (χ2n) is 9.86. The molecule has 0 aliphatic heterocycles. The quantitative estimate of drug-likeness (QED) is 0.289. The number of nitrogens with one attached hydrogen (secondary N) is 1. The maximum absolute atomic E-state index is 14.1. The van der Waals surface area contributed by atoms with Gasteiger partial charge in [-0.05, 0) is 73.4 Å². The first-order valence-corrected chi connectivity index (χ1v) is 15.6. The third-order valence-corrected chi connectivity index (χ3v) is 9.37. The zero-order valence-corrected chi connectivity index (χ0v) is 24.6. The normalized spacial score (nSPS) is 14.5. The fourth-order valence-corrected chi connectivity index (χ4v) is 6.62. The zero-order chi connectivity index (χ0) is 28.7. The highest BCUT2D eigenvalue weighted by Gasteiger charge is 2.34. The molecule has 0 bridgehead atoms. The molecule has 1 aliphatic carbocycles. The molecular weight excluding hydrogens is 569 g/mol. The monoisotopic (exact) mass is 601 g/mol. The molecule has 1 atom stereocenters. The summed E-state index contributed by atoms with van der Waals surface area (Å²) in [5.41, 5.74) is 1.06. The van der Waals surface area contributed by atoms with Gasteiger partial charge >= 0.3 is 0 Å². The molecule has 0 aromatic heterocycles. The van der Waals surface area contributed by atoms with E-state index in [1.807, 2.05) is 6.92 Å². The maximum Gasteiger partial charge on any atom is 0.264 e. The van der Waals surface area contributed by atoms with E-state index in [1.54, 1.807) is 66.7 Å². The summed E-state index contributed by atoms with van der Waals surface area (Å²) in [7, 11) is -4.12. The van der Waals surface area contributed by atoms with Crippen molar-refractivity contribution in [3.05, 3.63) is 94.5 Å². The van der Waals surface area contributed by atoms with E-state index in [0.29, 0.717) is 16.5 Å². The third kappa shape index (κ3) is 7.36. The largest absolute Gasteiger partial charge is 0.352 e. The van der Waals surface area contributed by atoms with Crippen LogP contribution < -0.4 is 9.62 Å². The van der Waals surface area contributed by atoms with Gasteiger partial charge in [0, 0.05) is 22.6 Å². The molecule has 7 nitrogen and oxygen atoms in total. The summed E-state index contributed by atoms with van der Waals surface area (Å²) in [6.07, 6.45) is 4.30. The van der Waals surface area contributed by atoms with E-state index in [0.717, 1.165) is 35.6 Å². The lowest BCUT2D eigenvalue weighted by Crippen LogP contribution is -2.53. The summed E-state index contributed by atoms with van der Waals surface area (Å²) < 4.78 is 28.7. The number of amides is 2. The van der Waals surface area contributed by atoms with Gasteiger partial charge in [0.2, 0.25) is 11.8 Å². The number of anilines is 1. The van der Waals surface area contributed by atoms with Crippen LogP contribution in [0.2, 0.25) is 10.0 Å². The predicted molar refractivity (Wildman–Crippen MR) is 159 cm³/mol. The smallest absolute Gasteiger partial charge is 0.264 e. The number of carbonyl (C=O) groups excluding carboxylic acids is 2. The molecule has 212 valence electrons. The molecule has 4 rings (SSSR count). The molecule has 0 saturated heterocycles. The molecule has 0 heterocycles. The molecule has 0 spiro atoms. The standard InChI is InChI=1S/C30H33Cl2N3O4S/c1-2-28(30(37)33-25-8-6-7-9-25)34(20-22-12-14-23(31)15-13-22)29(36)21-35(26-18-16-24(32)17-19-26)40(38,39)27-10-4-3-5-11-27/h3-5,10-19,25,28H,2,6-9,20-21H2,1H3,(H,33,37)/t28-/m0/s1. The van der Waals surface area contributed by atoms with E-state index in [4.69, 9.17) is 23.2 Å². The van der Waals surface area contributed by atoms with Crippen LogP contribution in [0.4, 0.5) is 5.69 Å². The summed E-state index contributed by atoms with van der Waals surface area (Å²) in [6, 6.07) is 20.5. The van der Waals surface area contributed by atoms with Crippen LogP contribution in [-0.4, -0.2) is 43.8 Å². The molecule has 0 radical (unpaired) electrons. The van der Waals surface area contributed by atoms with Crippen molar-refractivity contribution in [3.8, 4) is 0 Å². The lowest BCUT2D eigenvalue weighted by molar-refractivity contribution is -0.140. The summed E-state index contributed by atoms with van der Waals surface area (Å²) in [4.78, 5) is 29.1. The molecule has 40 heavy (non-hydrogen) atoms. The number of carbonyl (C=O) groups is 2. The first kappa shape index (κ1) is 29.9. The minimum atomic E-state index is -4.12. The number of sulfonamides is 1. The average Bonchev–Trinajstić information content (AvgIpc) is 3.46. The van der Waals surface area contributed by atoms with Crippen LogP contribution in [-0.2, 0) is 26.2 Å². The highest BCUT2D eigenvalue weighted by atomic mass is 35.5. The van der Waals surface area contributed by atoms with Gasteiger partial charge < -0.3 is 10.2 Å². The maximum atomic E-state index is 14.1. The molecule has 2 amide bonds. The number of hydrogen-bond acceptors (Lipinski definition) is 4. The fraction of sp³-hybridized carbons (Fsp3) is 0.333. The Morgan fingerprint density at radius 1 is 0.900 bits per heavy atom. The van der Waals surface area contributed by atoms with Crippen molar-refractivity contribution in [2.75, 3.05) is 10.8 Å². The Bertz CT molecular complexity index is 1400. The van der Waals surface area contributed by atoms with Crippen LogP contribution in [0.1, 0.15) is 44.6 Å². The Balaban J connectivity index is 1.69. The third-order valence-electron chi connectivity index (χ3n) is 7.08. The van der Waals surface area contributed by atoms with Crippen LogP contribution in [0.25, 0.3) is 0 Å². The molecule has 3 aromatic carbocycles. The molecule has 1 saturated carbocycles. The molecule has 0 unspecified atom stereocenters. The van der Waals surface area contributed by atoms with Crippen LogP contribution in [0.5, 0.6) is 0 Å². The lowest BCUT2D eigenvalue weighted by atomic mass is 10.1. The van der Waals surface area contributed by atoms with Gasteiger partial charge in [0.15, 0.2) is 0 Å². The van der Waals surface area contributed by atoms with Gasteiger partial charge in [0.25, 0.3) is 10.0 Å². The summed E-state index contributed by atoms with van der Waals surface area (Å²) >= 11 is 12.1. The second kappa shape index (κ2) is 13.5. The van der Waals surface area contributed by atoms with E-state index in [-0.39, 0.29) is 29.1 Å². The molecule has 1 aliphatic rings. The van der Waals surface area contributed by atoms with E-state index in [1.165, 1.54) is 17.0 Å². The van der Waals surface area contributed by atoms with Crippen molar-refractivity contribution in [2.45, 2.75) is 62.6 Å². The van der Waals surface area contributed by atoms with Crippen molar-refractivity contribution in [2.24, 2.45) is 0 Å². The van der Waals surface area contributed by atoms with E-state index in [9.17, 15) is 18.0 Å². The van der Waals surface area contributed by atoms with Gasteiger partial charge in [0.05, 0.1) is 10.6 Å². The van der Waals surface area contributed by atoms with Gasteiger partial charge in [-0.3, -0.25) is 13.9 Å².